The highest BCUT2D eigenvalue weighted by Crippen LogP contribution is 2.40. The summed E-state index contributed by atoms with van der Waals surface area (Å²) in [5, 5.41) is 8.54. The normalized spacial score (nSPS) is 15.3. The second kappa shape index (κ2) is 9.79. The lowest BCUT2D eigenvalue weighted by Gasteiger charge is -2.18. The fourth-order valence-corrected chi connectivity index (χ4v) is 4.83. The van der Waals surface area contributed by atoms with E-state index >= 15 is 0 Å². The Balaban J connectivity index is 1.64. The molecule has 1 aliphatic rings. The smallest absolute Gasteiger partial charge is 0.257 e. The first-order valence-corrected chi connectivity index (χ1v) is 12.4. The van der Waals surface area contributed by atoms with Crippen LogP contribution in [0.4, 0.5) is 0 Å². The Bertz CT molecular complexity index is 1210. The number of ether oxygens (including phenoxy) is 3. The topological polar surface area (TPSA) is 131 Å². The van der Waals surface area contributed by atoms with Crippen LogP contribution in [0.2, 0.25) is 0 Å². The molecule has 0 unspecified atom stereocenters. The van der Waals surface area contributed by atoms with Gasteiger partial charge in [-0.25, -0.2) is 23.4 Å². The molecule has 0 N–H and O–H groups in total. The van der Waals surface area contributed by atoms with Gasteiger partial charge in [0, 0.05) is 32.1 Å². The number of methoxy groups -OCH3 is 1. The minimum atomic E-state index is -3.51. The van der Waals surface area contributed by atoms with Gasteiger partial charge in [-0.1, -0.05) is 0 Å². The molecular weight excluding hydrogens is 448 g/mol. The Kier molecular flexibility index (Phi) is 6.84. The maximum atomic E-state index is 12.9. The molecule has 0 fully saturated rings. The average Bonchev–Trinajstić information content (AvgIpc) is 3.11. The van der Waals surface area contributed by atoms with Crippen molar-refractivity contribution in [3.8, 4) is 23.0 Å². The van der Waals surface area contributed by atoms with Crippen LogP contribution in [0.5, 0.6) is 11.6 Å². The number of fused-ring (bicyclic) bond motifs is 3. The second-order valence-corrected chi connectivity index (χ2v) is 9.86. The van der Waals surface area contributed by atoms with Crippen LogP contribution in [0.3, 0.4) is 0 Å². The van der Waals surface area contributed by atoms with Gasteiger partial charge in [-0.05, 0) is 25.5 Å². The summed E-state index contributed by atoms with van der Waals surface area (Å²) in [5.74, 6) is 1.74. The molecule has 4 rings (SSSR count). The van der Waals surface area contributed by atoms with Gasteiger partial charge in [-0.2, -0.15) is 0 Å². The summed E-state index contributed by atoms with van der Waals surface area (Å²) in [5.41, 5.74) is 1.55. The summed E-state index contributed by atoms with van der Waals surface area (Å²) < 4.78 is 44.6. The number of aryl methyl sites for hydroxylation is 2. The molecule has 0 radical (unpaired) electrons. The van der Waals surface area contributed by atoms with E-state index in [-0.39, 0.29) is 30.6 Å². The Labute approximate surface area is 192 Å². The zero-order valence-electron chi connectivity index (χ0n) is 18.8. The van der Waals surface area contributed by atoms with E-state index in [9.17, 15) is 8.42 Å². The first kappa shape index (κ1) is 23.1. The number of rotatable bonds is 9. The monoisotopic (exact) mass is 474 g/mol. The van der Waals surface area contributed by atoms with Gasteiger partial charge >= 0.3 is 0 Å². The molecule has 0 aliphatic carbocycles. The van der Waals surface area contributed by atoms with Crippen molar-refractivity contribution in [2.24, 2.45) is 0 Å². The van der Waals surface area contributed by atoms with Crippen molar-refractivity contribution in [2.75, 3.05) is 32.7 Å². The largest absolute Gasteiger partial charge is 0.485 e. The summed E-state index contributed by atoms with van der Waals surface area (Å²) in [6.45, 7) is 4.68. The summed E-state index contributed by atoms with van der Waals surface area (Å²) in [6.07, 6.45) is 5.16. The number of aromatic nitrogens is 6. The van der Waals surface area contributed by atoms with Crippen molar-refractivity contribution < 1.29 is 22.6 Å². The molecule has 0 saturated carbocycles. The molecule has 3 aromatic rings. The van der Waals surface area contributed by atoms with Crippen molar-refractivity contribution in [3.63, 3.8) is 0 Å². The maximum absolute atomic E-state index is 12.9. The lowest BCUT2D eigenvalue weighted by molar-refractivity contribution is 0.122. The first-order chi connectivity index (χ1) is 15.9. The van der Waals surface area contributed by atoms with E-state index in [2.05, 4.69) is 25.1 Å². The van der Waals surface area contributed by atoms with Gasteiger partial charge in [0.05, 0.1) is 30.6 Å². The number of hydrogen-bond donors (Lipinski definition) is 0. The quantitative estimate of drug-likeness (QED) is 0.450. The lowest BCUT2D eigenvalue weighted by Crippen LogP contribution is -2.24. The van der Waals surface area contributed by atoms with E-state index in [4.69, 9.17) is 14.2 Å². The lowest BCUT2D eigenvalue weighted by atomic mass is 10.2. The van der Waals surface area contributed by atoms with E-state index in [1.54, 1.807) is 36.3 Å². The fourth-order valence-electron chi connectivity index (χ4n) is 3.61. The van der Waals surface area contributed by atoms with Crippen LogP contribution in [0.25, 0.3) is 11.4 Å². The summed E-state index contributed by atoms with van der Waals surface area (Å²) in [7, 11) is -1.94. The maximum Gasteiger partial charge on any atom is 0.257 e. The van der Waals surface area contributed by atoms with Gasteiger partial charge in [0.15, 0.2) is 21.4 Å². The van der Waals surface area contributed by atoms with E-state index < -0.39 is 9.84 Å². The molecule has 0 amide bonds. The number of hydrogen-bond acceptors (Lipinski definition) is 10. The molecule has 33 heavy (non-hydrogen) atoms. The van der Waals surface area contributed by atoms with Crippen LogP contribution in [0.15, 0.2) is 24.7 Å². The fraction of sp³-hybridized carbons (Fsp3) is 0.476. The van der Waals surface area contributed by atoms with Crippen LogP contribution < -0.4 is 9.47 Å². The second-order valence-electron chi connectivity index (χ2n) is 7.67. The van der Waals surface area contributed by atoms with Gasteiger partial charge in [-0.15, -0.1) is 10.2 Å². The Morgan fingerprint density at radius 1 is 1.21 bits per heavy atom. The van der Waals surface area contributed by atoms with E-state index in [1.807, 2.05) is 13.8 Å². The molecule has 12 heteroatoms. The predicted molar refractivity (Wildman–Crippen MR) is 119 cm³/mol. The predicted octanol–water partition coefficient (Wildman–Crippen LogP) is 1.57. The molecule has 0 aromatic carbocycles. The van der Waals surface area contributed by atoms with Gasteiger partial charge in [0.2, 0.25) is 0 Å². The highest BCUT2D eigenvalue weighted by molar-refractivity contribution is 7.90. The summed E-state index contributed by atoms with van der Waals surface area (Å²) >= 11 is 0. The van der Waals surface area contributed by atoms with Crippen LogP contribution in [-0.2, 0) is 26.7 Å². The molecule has 1 aliphatic heterocycles. The van der Waals surface area contributed by atoms with Gasteiger partial charge in [0.1, 0.15) is 24.0 Å². The molecule has 3 aromatic heterocycles. The SMILES string of the molecule is CCOc1nccc2c1OC[C@@H](COC)n1c(CS(=O)(=O)CCc3ncc(C)cn3)nnc1-2. The molecule has 0 spiro atoms. The highest BCUT2D eigenvalue weighted by atomic mass is 32.2. The van der Waals surface area contributed by atoms with Crippen molar-refractivity contribution in [1.82, 2.24) is 29.7 Å². The van der Waals surface area contributed by atoms with Crippen LogP contribution in [0, 0.1) is 6.92 Å². The average molecular weight is 475 g/mol. The molecule has 176 valence electrons. The Hall–Kier alpha value is -3.12. The van der Waals surface area contributed by atoms with Gasteiger partial charge < -0.3 is 18.8 Å². The molecule has 4 heterocycles. The highest BCUT2D eigenvalue weighted by Gasteiger charge is 2.31. The van der Waals surface area contributed by atoms with Crippen molar-refractivity contribution in [1.29, 1.82) is 0 Å². The Morgan fingerprint density at radius 3 is 2.73 bits per heavy atom. The molecule has 1 atom stereocenters. The number of sulfone groups is 1. The van der Waals surface area contributed by atoms with E-state index in [0.717, 1.165) is 5.56 Å². The van der Waals surface area contributed by atoms with E-state index in [1.165, 1.54) is 0 Å². The minimum Gasteiger partial charge on any atom is -0.485 e. The summed E-state index contributed by atoms with van der Waals surface area (Å²) in [4.78, 5) is 12.6. The van der Waals surface area contributed by atoms with Gasteiger partial charge in [-0.3, -0.25) is 0 Å². The van der Waals surface area contributed by atoms with Crippen LogP contribution in [-0.4, -0.2) is 70.8 Å². The van der Waals surface area contributed by atoms with E-state index in [0.29, 0.717) is 47.9 Å². The zero-order valence-corrected chi connectivity index (χ0v) is 19.6. The van der Waals surface area contributed by atoms with Crippen molar-refractivity contribution >= 4 is 9.84 Å². The minimum absolute atomic E-state index is 0.0985. The third-order valence-corrected chi connectivity index (χ3v) is 6.65. The Morgan fingerprint density at radius 2 is 2.00 bits per heavy atom. The van der Waals surface area contributed by atoms with Crippen molar-refractivity contribution in [3.05, 3.63) is 41.9 Å². The molecule has 11 nitrogen and oxygen atoms in total. The third kappa shape index (κ3) is 5.11. The first-order valence-electron chi connectivity index (χ1n) is 10.6. The van der Waals surface area contributed by atoms with Crippen LogP contribution in [0.1, 0.15) is 30.2 Å². The standard InChI is InChI=1S/C21H26N6O5S/c1-4-31-21-19-16(5-7-22-21)20-26-25-18(27(20)15(11-30-3)12-32-19)13-33(28,29)8-6-17-23-9-14(2)10-24-17/h5,7,9-10,15H,4,6,8,11-13H2,1-3H3/t15-/m1/s1. The summed E-state index contributed by atoms with van der Waals surface area (Å²) in [6, 6.07) is 1.42. The van der Waals surface area contributed by atoms with Crippen LogP contribution >= 0.6 is 0 Å². The van der Waals surface area contributed by atoms with Crippen molar-refractivity contribution in [2.45, 2.75) is 32.1 Å². The number of nitrogens with zero attached hydrogens (tertiary/aromatic N) is 6. The van der Waals surface area contributed by atoms with Gasteiger partial charge in [0.25, 0.3) is 5.88 Å². The molecule has 0 saturated heterocycles. The third-order valence-electron chi connectivity index (χ3n) is 5.12. The molecular formula is C21H26N6O5S. The zero-order chi connectivity index (χ0) is 23.4. The molecule has 0 bridgehead atoms. The number of pyridine rings is 1.